The summed E-state index contributed by atoms with van der Waals surface area (Å²) >= 11 is 0. The SMILES string of the molecule is CN(C(=N)c1ccccc1)C(N=Cc1ccccc1)c1cccc(-n2c3ccccc3c3cc(-c4cccc5c4oc4ccccc45)ccc32)c1. The molecule has 5 nitrogen and oxygen atoms in total. The molecule has 0 bridgehead atoms. The first-order valence-electron chi connectivity index (χ1n) is 17.1. The zero-order chi connectivity index (χ0) is 34.3. The van der Waals surface area contributed by atoms with Crippen LogP contribution in [0.1, 0.15) is 22.9 Å². The second kappa shape index (κ2) is 12.6. The highest BCUT2D eigenvalue weighted by molar-refractivity contribution is 6.13. The topological polar surface area (TPSA) is 57.5 Å². The monoisotopic (exact) mass is 658 g/mol. The van der Waals surface area contributed by atoms with Crippen LogP contribution in [0.3, 0.4) is 0 Å². The highest BCUT2D eigenvalue weighted by Crippen LogP contribution is 2.39. The van der Waals surface area contributed by atoms with Crippen LogP contribution in [0.25, 0.3) is 60.6 Å². The number of hydrogen-bond donors (Lipinski definition) is 1. The molecule has 0 aliphatic carbocycles. The lowest BCUT2D eigenvalue weighted by Crippen LogP contribution is -2.30. The Hall–Kier alpha value is -6.72. The highest BCUT2D eigenvalue weighted by Gasteiger charge is 2.21. The lowest BCUT2D eigenvalue weighted by molar-refractivity contribution is 0.387. The van der Waals surface area contributed by atoms with Gasteiger partial charge in [0, 0.05) is 51.6 Å². The van der Waals surface area contributed by atoms with E-state index in [9.17, 15) is 0 Å². The lowest BCUT2D eigenvalue weighted by Gasteiger charge is -2.28. The Morgan fingerprint density at radius 3 is 2.18 bits per heavy atom. The molecule has 2 aromatic heterocycles. The highest BCUT2D eigenvalue weighted by atomic mass is 16.3. The molecule has 0 saturated carbocycles. The maximum atomic E-state index is 9.12. The zero-order valence-corrected chi connectivity index (χ0v) is 28.1. The fraction of sp³-hybridized carbons (Fsp3) is 0.0435. The van der Waals surface area contributed by atoms with E-state index in [0.29, 0.717) is 5.84 Å². The second-order valence-electron chi connectivity index (χ2n) is 12.8. The minimum Gasteiger partial charge on any atom is -0.455 e. The van der Waals surface area contributed by atoms with Crippen LogP contribution in [0.2, 0.25) is 0 Å². The van der Waals surface area contributed by atoms with Gasteiger partial charge in [-0.25, -0.2) is 0 Å². The number of benzene rings is 7. The van der Waals surface area contributed by atoms with Gasteiger partial charge >= 0.3 is 0 Å². The van der Waals surface area contributed by atoms with Crippen molar-refractivity contribution in [3.8, 4) is 16.8 Å². The first-order chi connectivity index (χ1) is 25.1. The third-order valence-corrected chi connectivity index (χ3v) is 9.75. The van der Waals surface area contributed by atoms with E-state index < -0.39 is 6.17 Å². The average molecular weight is 659 g/mol. The lowest BCUT2D eigenvalue weighted by atomic mass is 10.0. The van der Waals surface area contributed by atoms with Gasteiger partial charge in [0.15, 0.2) is 0 Å². The van der Waals surface area contributed by atoms with Crippen molar-refractivity contribution < 1.29 is 4.42 Å². The number of nitrogens with zero attached hydrogens (tertiary/aromatic N) is 3. The molecule has 0 amide bonds. The molecule has 1 unspecified atom stereocenters. The summed E-state index contributed by atoms with van der Waals surface area (Å²) in [5, 5.41) is 13.7. The van der Waals surface area contributed by atoms with Crippen LogP contribution in [-0.4, -0.2) is 28.6 Å². The molecule has 5 heteroatoms. The molecular formula is C46H34N4O. The van der Waals surface area contributed by atoms with Crippen molar-refractivity contribution >= 4 is 55.8 Å². The smallest absolute Gasteiger partial charge is 0.148 e. The van der Waals surface area contributed by atoms with Gasteiger partial charge < -0.3 is 13.9 Å². The van der Waals surface area contributed by atoms with Crippen molar-refractivity contribution in [2.75, 3.05) is 7.05 Å². The number of rotatable bonds is 7. The molecule has 2 heterocycles. The van der Waals surface area contributed by atoms with E-state index >= 15 is 0 Å². The van der Waals surface area contributed by atoms with E-state index in [0.717, 1.165) is 66.5 Å². The number of aromatic nitrogens is 1. The molecule has 0 radical (unpaired) electrons. The number of nitrogens with one attached hydrogen (secondary N) is 1. The van der Waals surface area contributed by atoms with Gasteiger partial charge in [-0.3, -0.25) is 10.4 Å². The number of para-hydroxylation sites is 3. The van der Waals surface area contributed by atoms with Gasteiger partial charge in [-0.2, -0.15) is 0 Å². The van der Waals surface area contributed by atoms with Crippen LogP contribution >= 0.6 is 0 Å². The summed E-state index contributed by atoms with van der Waals surface area (Å²) in [6, 6.07) is 58.4. The molecule has 7 aromatic carbocycles. The summed E-state index contributed by atoms with van der Waals surface area (Å²) in [6.45, 7) is 0. The van der Waals surface area contributed by atoms with Crippen LogP contribution in [0, 0.1) is 5.41 Å². The fourth-order valence-electron chi connectivity index (χ4n) is 7.24. The van der Waals surface area contributed by atoms with Crippen LogP contribution in [-0.2, 0) is 0 Å². The predicted octanol–water partition coefficient (Wildman–Crippen LogP) is 11.4. The molecule has 9 rings (SSSR count). The fourth-order valence-corrected chi connectivity index (χ4v) is 7.24. The third-order valence-electron chi connectivity index (χ3n) is 9.75. The molecule has 0 aliphatic rings. The Morgan fingerprint density at radius 1 is 0.647 bits per heavy atom. The van der Waals surface area contributed by atoms with E-state index in [1.165, 1.54) is 10.8 Å². The summed E-state index contributed by atoms with van der Waals surface area (Å²) in [5.74, 6) is 0.403. The Labute approximate surface area is 295 Å². The molecule has 0 saturated heterocycles. The summed E-state index contributed by atoms with van der Waals surface area (Å²) in [7, 11) is 1.94. The second-order valence-corrected chi connectivity index (χ2v) is 12.8. The number of hydrogen-bond acceptors (Lipinski definition) is 3. The minimum absolute atomic E-state index is 0.403. The molecule has 0 fully saturated rings. The van der Waals surface area contributed by atoms with E-state index in [2.05, 4.69) is 102 Å². The Morgan fingerprint density at radius 2 is 1.33 bits per heavy atom. The van der Waals surface area contributed by atoms with Gasteiger partial charge in [-0.1, -0.05) is 133 Å². The average Bonchev–Trinajstić information content (AvgIpc) is 3.74. The third kappa shape index (κ3) is 5.36. The quantitative estimate of drug-likeness (QED) is 0.137. The van der Waals surface area contributed by atoms with E-state index in [1.54, 1.807) is 0 Å². The predicted molar refractivity (Wildman–Crippen MR) is 211 cm³/mol. The van der Waals surface area contributed by atoms with Crippen LogP contribution in [0.5, 0.6) is 0 Å². The maximum Gasteiger partial charge on any atom is 0.148 e. The van der Waals surface area contributed by atoms with Crippen molar-refractivity contribution in [3.63, 3.8) is 0 Å². The molecular weight excluding hydrogens is 625 g/mol. The van der Waals surface area contributed by atoms with Gasteiger partial charge in [0.2, 0.25) is 0 Å². The minimum atomic E-state index is -0.429. The van der Waals surface area contributed by atoms with E-state index in [-0.39, 0.29) is 0 Å². The van der Waals surface area contributed by atoms with E-state index in [4.69, 9.17) is 14.8 Å². The molecule has 1 atom stereocenters. The van der Waals surface area contributed by atoms with Crippen molar-refractivity contribution in [1.82, 2.24) is 9.47 Å². The number of amidine groups is 1. The maximum absolute atomic E-state index is 9.12. The molecule has 9 aromatic rings. The van der Waals surface area contributed by atoms with Crippen LogP contribution in [0.15, 0.2) is 179 Å². The number of aliphatic imine (C=N–C) groups is 1. The van der Waals surface area contributed by atoms with E-state index in [1.807, 2.05) is 91.0 Å². The number of fused-ring (bicyclic) bond motifs is 6. The summed E-state index contributed by atoms with van der Waals surface area (Å²) in [6.07, 6.45) is 1.47. The normalized spacial score (nSPS) is 12.3. The molecule has 0 spiro atoms. The summed E-state index contributed by atoms with van der Waals surface area (Å²) in [4.78, 5) is 7.02. The first kappa shape index (κ1) is 30.3. The van der Waals surface area contributed by atoms with Gasteiger partial charge in [0.05, 0.1) is 11.0 Å². The van der Waals surface area contributed by atoms with Crippen LogP contribution < -0.4 is 0 Å². The first-order valence-corrected chi connectivity index (χ1v) is 17.1. The molecule has 244 valence electrons. The van der Waals surface area contributed by atoms with Gasteiger partial charge in [-0.15, -0.1) is 0 Å². The van der Waals surface area contributed by atoms with Gasteiger partial charge in [-0.05, 0) is 53.1 Å². The number of furan rings is 1. The summed E-state index contributed by atoms with van der Waals surface area (Å²) in [5.41, 5.74) is 10.1. The Bertz CT molecular complexity index is 2740. The van der Waals surface area contributed by atoms with Crippen molar-refractivity contribution in [2.45, 2.75) is 6.17 Å². The van der Waals surface area contributed by atoms with Crippen molar-refractivity contribution in [2.24, 2.45) is 4.99 Å². The van der Waals surface area contributed by atoms with Crippen LogP contribution in [0.4, 0.5) is 0 Å². The Balaban J connectivity index is 1.17. The summed E-state index contributed by atoms with van der Waals surface area (Å²) < 4.78 is 8.76. The zero-order valence-electron chi connectivity index (χ0n) is 28.1. The molecule has 51 heavy (non-hydrogen) atoms. The Kier molecular flexibility index (Phi) is 7.51. The van der Waals surface area contributed by atoms with Gasteiger partial charge in [0.25, 0.3) is 0 Å². The van der Waals surface area contributed by atoms with Crippen molar-refractivity contribution in [1.29, 1.82) is 5.41 Å². The molecule has 1 N–H and O–H groups in total. The largest absolute Gasteiger partial charge is 0.455 e. The van der Waals surface area contributed by atoms with Gasteiger partial charge in [0.1, 0.15) is 23.2 Å². The molecule has 0 aliphatic heterocycles. The standard InChI is InChI=1S/C46H34N4O/c1-49(45(47)32-16-6-3-7-17-32)46(48-30-31-14-4-2-5-15-31)34-18-12-19-35(28-34)50-41-24-10-8-20-37(41)40-29-33(26-27-42(40)50)36-22-13-23-39-38-21-9-11-25-43(38)51-44(36)39/h2-30,46-47H,1H3. The van der Waals surface area contributed by atoms with Crippen molar-refractivity contribution in [3.05, 3.63) is 187 Å².